The van der Waals surface area contributed by atoms with Gasteiger partial charge in [0, 0.05) is 16.6 Å². The van der Waals surface area contributed by atoms with Crippen molar-refractivity contribution in [1.82, 2.24) is 20.3 Å². The van der Waals surface area contributed by atoms with Crippen molar-refractivity contribution in [2.24, 2.45) is 0 Å². The molecule has 0 saturated heterocycles. The fourth-order valence-corrected chi connectivity index (χ4v) is 4.05. The Hall–Kier alpha value is -3.38. The highest BCUT2D eigenvalue weighted by Crippen LogP contribution is 2.29. The number of rotatable bonds is 3. The molecule has 5 rings (SSSR count). The number of aryl methyl sites for hydroxylation is 1. The van der Waals surface area contributed by atoms with E-state index < -0.39 is 0 Å². The lowest BCUT2D eigenvalue weighted by molar-refractivity contribution is 0.236. The van der Waals surface area contributed by atoms with Crippen molar-refractivity contribution < 1.29 is 9.32 Å². The number of hydrogen-bond donors (Lipinski definition) is 1. The van der Waals surface area contributed by atoms with Crippen molar-refractivity contribution in [1.29, 1.82) is 0 Å². The molecule has 0 fully saturated rings. The summed E-state index contributed by atoms with van der Waals surface area (Å²) >= 11 is 6.01. The molecule has 7 heteroatoms. The Kier molecular flexibility index (Phi) is 4.64. The summed E-state index contributed by atoms with van der Waals surface area (Å²) in [4.78, 5) is 13.2. The SMILES string of the molecule is Cc1nocc1-c1cc(-c2ccc(Cl)cc2)nn1C(=O)NC1Cc2ccccc2C1. The van der Waals surface area contributed by atoms with Crippen LogP contribution in [-0.4, -0.2) is 27.0 Å². The Balaban J connectivity index is 1.48. The average Bonchev–Trinajstić information content (AvgIpc) is 3.45. The van der Waals surface area contributed by atoms with E-state index in [0.717, 1.165) is 24.0 Å². The molecular formula is C23H19ClN4O2. The zero-order valence-electron chi connectivity index (χ0n) is 16.3. The number of aromatic nitrogens is 3. The molecule has 2 aromatic heterocycles. The van der Waals surface area contributed by atoms with E-state index in [1.165, 1.54) is 22.1 Å². The summed E-state index contributed by atoms with van der Waals surface area (Å²) in [6, 6.07) is 17.3. The maximum Gasteiger partial charge on any atom is 0.342 e. The molecule has 1 amide bonds. The Morgan fingerprint density at radius 2 is 1.83 bits per heavy atom. The highest BCUT2D eigenvalue weighted by atomic mass is 35.5. The van der Waals surface area contributed by atoms with Crippen LogP contribution in [-0.2, 0) is 12.8 Å². The van der Waals surface area contributed by atoms with Crippen LogP contribution in [0.4, 0.5) is 4.79 Å². The standard InChI is InChI=1S/C23H19ClN4O2/c1-14-20(13-30-27-14)22-12-21(15-6-8-18(24)9-7-15)26-28(22)23(29)25-19-10-16-4-2-3-5-17(16)11-19/h2-9,12-13,19H,10-11H2,1H3,(H,25,29). The molecule has 0 unspecified atom stereocenters. The lowest BCUT2D eigenvalue weighted by atomic mass is 10.1. The molecule has 1 aliphatic rings. The van der Waals surface area contributed by atoms with Gasteiger partial charge < -0.3 is 9.84 Å². The Labute approximate surface area is 178 Å². The van der Waals surface area contributed by atoms with Gasteiger partial charge in [-0.2, -0.15) is 9.78 Å². The zero-order valence-corrected chi connectivity index (χ0v) is 17.1. The molecule has 2 heterocycles. The van der Waals surface area contributed by atoms with Crippen molar-refractivity contribution >= 4 is 17.6 Å². The van der Waals surface area contributed by atoms with Crippen LogP contribution >= 0.6 is 11.6 Å². The highest BCUT2D eigenvalue weighted by Gasteiger charge is 2.25. The van der Waals surface area contributed by atoms with Crippen molar-refractivity contribution in [2.75, 3.05) is 0 Å². The summed E-state index contributed by atoms with van der Waals surface area (Å²) in [6.45, 7) is 1.84. The van der Waals surface area contributed by atoms with E-state index in [4.69, 9.17) is 16.1 Å². The molecular weight excluding hydrogens is 400 g/mol. The quantitative estimate of drug-likeness (QED) is 0.514. The molecule has 0 spiro atoms. The molecule has 1 aliphatic carbocycles. The fraction of sp³-hybridized carbons (Fsp3) is 0.174. The van der Waals surface area contributed by atoms with Crippen LogP contribution in [0, 0.1) is 6.92 Å². The average molecular weight is 419 g/mol. The minimum atomic E-state index is -0.274. The molecule has 4 aromatic rings. The molecule has 6 nitrogen and oxygen atoms in total. The summed E-state index contributed by atoms with van der Waals surface area (Å²) in [7, 11) is 0. The van der Waals surface area contributed by atoms with E-state index in [1.807, 2.05) is 37.3 Å². The van der Waals surface area contributed by atoms with E-state index in [0.29, 0.717) is 22.1 Å². The van der Waals surface area contributed by atoms with Gasteiger partial charge in [-0.15, -0.1) is 0 Å². The van der Waals surface area contributed by atoms with Crippen LogP contribution in [0.3, 0.4) is 0 Å². The smallest absolute Gasteiger partial charge is 0.342 e. The molecule has 0 bridgehead atoms. The predicted molar refractivity (Wildman–Crippen MR) is 114 cm³/mol. The van der Waals surface area contributed by atoms with Crippen molar-refractivity contribution in [3.63, 3.8) is 0 Å². The van der Waals surface area contributed by atoms with Gasteiger partial charge in [-0.25, -0.2) is 4.79 Å². The lowest BCUT2D eigenvalue weighted by Crippen LogP contribution is -2.39. The van der Waals surface area contributed by atoms with Crippen molar-refractivity contribution in [2.45, 2.75) is 25.8 Å². The third kappa shape index (κ3) is 3.39. The molecule has 0 aliphatic heterocycles. The van der Waals surface area contributed by atoms with Gasteiger partial charge >= 0.3 is 6.03 Å². The third-order valence-corrected chi connectivity index (χ3v) is 5.70. The fourth-order valence-electron chi connectivity index (χ4n) is 3.92. The summed E-state index contributed by atoms with van der Waals surface area (Å²) in [5.41, 5.74) is 6.15. The monoisotopic (exact) mass is 418 g/mol. The van der Waals surface area contributed by atoms with Crippen LogP contribution < -0.4 is 5.32 Å². The minimum Gasteiger partial charge on any atom is -0.364 e. The minimum absolute atomic E-state index is 0.0366. The number of nitrogens with one attached hydrogen (secondary N) is 1. The maximum absolute atomic E-state index is 13.2. The number of carbonyl (C=O) groups excluding carboxylic acids is 1. The van der Waals surface area contributed by atoms with Gasteiger partial charge in [0.25, 0.3) is 0 Å². The topological polar surface area (TPSA) is 73.0 Å². The molecule has 30 heavy (non-hydrogen) atoms. The second kappa shape index (κ2) is 7.46. The highest BCUT2D eigenvalue weighted by molar-refractivity contribution is 6.30. The third-order valence-electron chi connectivity index (χ3n) is 5.45. The molecule has 150 valence electrons. The van der Waals surface area contributed by atoms with Gasteiger partial charge in [0.05, 0.1) is 22.6 Å². The number of amides is 1. The van der Waals surface area contributed by atoms with E-state index >= 15 is 0 Å². The number of fused-ring (bicyclic) bond motifs is 1. The molecule has 0 saturated carbocycles. The van der Waals surface area contributed by atoms with Crippen LogP contribution in [0.15, 0.2) is 65.4 Å². The maximum atomic E-state index is 13.2. The molecule has 2 aromatic carbocycles. The molecule has 0 radical (unpaired) electrons. The Morgan fingerprint density at radius 3 is 2.47 bits per heavy atom. The van der Waals surface area contributed by atoms with Crippen LogP contribution in [0.25, 0.3) is 22.5 Å². The molecule has 1 N–H and O–H groups in total. The van der Waals surface area contributed by atoms with Gasteiger partial charge in [-0.1, -0.05) is 53.2 Å². The van der Waals surface area contributed by atoms with Gasteiger partial charge in [0.1, 0.15) is 6.26 Å². The number of hydrogen-bond acceptors (Lipinski definition) is 4. The van der Waals surface area contributed by atoms with Gasteiger partial charge in [0.2, 0.25) is 0 Å². The predicted octanol–water partition coefficient (Wildman–Crippen LogP) is 4.89. The second-order valence-corrected chi connectivity index (χ2v) is 7.91. The summed E-state index contributed by atoms with van der Waals surface area (Å²) < 4.78 is 6.50. The number of carbonyl (C=O) groups is 1. The first-order chi connectivity index (χ1) is 14.6. The van der Waals surface area contributed by atoms with Gasteiger partial charge in [0.15, 0.2) is 0 Å². The van der Waals surface area contributed by atoms with Crippen molar-refractivity contribution in [3.8, 4) is 22.5 Å². The van der Waals surface area contributed by atoms with Crippen LogP contribution in [0.2, 0.25) is 5.02 Å². The molecule has 0 atom stereocenters. The normalized spacial score (nSPS) is 13.4. The van der Waals surface area contributed by atoms with Crippen LogP contribution in [0.1, 0.15) is 16.8 Å². The summed E-state index contributed by atoms with van der Waals surface area (Å²) in [6.07, 6.45) is 3.16. The van der Waals surface area contributed by atoms with E-state index in [9.17, 15) is 4.79 Å². The van der Waals surface area contributed by atoms with Crippen molar-refractivity contribution in [3.05, 3.63) is 82.7 Å². The van der Waals surface area contributed by atoms with E-state index in [1.54, 1.807) is 12.1 Å². The second-order valence-electron chi connectivity index (χ2n) is 7.47. The van der Waals surface area contributed by atoms with Gasteiger partial charge in [-0.05, 0) is 49.1 Å². The first-order valence-corrected chi connectivity index (χ1v) is 10.1. The number of benzene rings is 2. The van der Waals surface area contributed by atoms with Crippen LogP contribution in [0.5, 0.6) is 0 Å². The first-order valence-electron chi connectivity index (χ1n) is 9.73. The largest absolute Gasteiger partial charge is 0.364 e. The van der Waals surface area contributed by atoms with Gasteiger partial charge in [-0.3, -0.25) is 0 Å². The first kappa shape index (κ1) is 18.6. The Bertz CT molecular complexity index is 1200. The summed E-state index contributed by atoms with van der Waals surface area (Å²) in [5.74, 6) is 0. The summed E-state index contributed by atoms with van der Waals surface area (Å²) in [5, 5.41) is 12.3. The lowest BCUT2D eigenvalue weighted by Gasteiger charge is -2.13. The number of nitrogens with zero attached hydrogens (tertiary/aromatic N) is 3. The van der Waals surface area contributed by atoms with E-state index in [2.05, 4.69) is 27.7 Å². The zero-order chi connectivity index (χ0) is 20.7. The number of halogens is 1. The van der Waals surface area contributed by atoms with E-state index in [-0.39, 0.29) is 12.1 Å². The Morgan fingerprint density at radius 1 is 1.13 bits per heavy atom.